The first kappa shape index (κ1) is 28.6. The van der Waals surface area contributed by atoms with Crippen LogP contribution >= 0.6 is 11.3 Å². The van der Waals surface area contributed by atoms with E-state index in [-0.39, 0.29) is 33.4 Å². The molecule has 4 aromatic heterocycles. The van der Waals surface area contributed by atoms with Gasteiger partial charge in [-0.2, -0.15) is 8.78 Å². The minimum atomic E-state index is -3.44. The molecule has 42 heavy (non-hydrogen) atoms. The van der Waals surface area contributed by atoms with Gasteiger partial charge in [0.15, 0.2) is 5.01 Å². The molecule has 0 radical (unpaired) electrons. The fourth-order valence-corrected chi connectivity index (χ4v) is 4.41. The number of carbonyl (C=O) groups excluding carboxylic acids is 1. The lowest BCUT2D eigenvalue weighted by atomic mass is 10.00. The van der Waals surface area contributed by atoms with Crippen LogP contribution in [0.2, 0.25) is 0 Å². The summed E-state index contributed by atoms with van der Waals surface area (Å²) >= 11 is 1.05. The van der Waals surface area contributed by atoms with E-state index in [0.717, 1.165) is 65.5 Å². The fourth-order valence-electron chi connectivity index (χ4n) is 3.80. The third kappa shape index (κ3) is 6.06. The predicted molar refractivity (Wildman–Crippen MR) is 146 cm³/mol. The zero-order chi connectivity index (χ0) is 30.0. The molecule has 0 bridgehead atoms. The van der Waals surface area contributed by atoms with E-state index in [0.29, 0.717) is 17.0 Å². The number of anilines is 1. The Kier molecular flexibility index (Phi) is 7.86. The molecule has 0 atom stereocenters. The van der Waals surface area contributed by atoms with Gasteiger partial charge in [0.25, 0.3) is 23.8 Å². The summed E-state index contributed by atoms with van der Waals surface area (Å²) < 4.78 is 61.6. The highest BCUT2D eigenvalue weighted by atomic mass is 32.1. The Morgan fingerprint density at radius 1 is 1.21 bits per heavy atom. The van der Waals surface area contributed by atoms with Gasteiger partial charge in [-0.25, -0.2) is 13.8 Å². The van der Waals surface area contributed by atoms with Gasteiger partial charge >= 0.3 is 0 Å². The van der Waals surface area contributed by atoms with Gasteiger partial charge in [-0.15, -0.1) is 10.2 Å². The van der Waals surface area contributed by atoms with Crippen LogP contribution in [0.25, 0.3) is 16.9 Å². The molecule has 0 unspecified atom stereocenters. The number of nitrogens with one attached hydrogen (secondary N) is 1. The molecule has 5 rings (SSSR count). The number of rotatable bonds is 8. The second kappa shape index (κ2) is 11.5. The van der Waals surface area contributed by atoms with Crippen LogP contribution in [0, 0.1) is 17.8 Å². The van der Waals surface area contributed by atoms with Crippen molar-refractivity contribution in [1.29, 1.82) is 0 Å². The first-order valence-corrected chi connectivity index (χ1v) is 13.1. The van der Waals surface area contributed by atoms with Crippen LogP contribution < -0.4 is 15.6 Å². The molecule has 0 aliphatic heterocycles. The molecule has 14 heteroatoms. The number of amides is 1. The SMILES string of the molecule is C=CC(F)(F)c1ccn(-c2cc(-c3cc(C(F)F)ncc3OC)c(C(=O)Nc3nnc(C#CC4CC4)s3)cn2)c(=O)c1. The van der Waals surface area contributed by atoms with Gasteiger partial charge in [-0.3, -0.25) is 24.5 Å². The van der Waals surface area contributed by atoms with Crippen molar-refractivity contribution in [3.05, 3.63) is 87.7 Å². The molecule has 1 N–H and O–H groups in total. The monoisotopic (exact) mass is 596 g/mol. The zero-order valence-corrected chi connectivity index (χ0v) is 22.6. The van der Waals surface area contributed by atoms with Gasteiger partial charge in [0, 0.05) is 41.1 Å². The lowest BCUT2D eigenvalue weighted by molar-refractivity contribution is 0.0523. The standard InChI is InChI=1S/C28H20F4N6O3S/c1-3-28(31,32)16-8-9-38(24(39)10-16)22-12-17(18-11-20(25(29)30)33-14-21(18)41-2)19(13-34-22)26(40)35-27-37-36-23(42-27)7-6-15-4-5-15/h3,8-15,25H,1,4-5H2,2H3,(H,35,37,40). The van der Waals surface area contributed by atoms with E-state index in [1.165, 1.54) is 13.2 Å². The van der Waals surface area contributed by atoms with Crippen molar-refractivity contribution in [3.63, 3.8) is 0 Å². The molecule has 1 fully saturated rings. The molecular formula is C28H20F4N6O3S. The number of hydrogen-bond acceptors (Lipinski definition) is 8. The Morgan fingerprint density at radius 3 is 2.67 bits per heavy atom. The number of halogens is 4. The van der Waals surface area contributed by atoms with Crippen LogP contribution in [-0.2, 0) is 5.92 Å². The molecule has 0 saturated heterocycles. The first-order chi connectivity index (χ1) is 20.1. The molecule has 214 valence electrons. The smallest absolute Gasteiger partial charge is 0.291 e. The third-order valence-electron chi connectivity index (χ3n) is 6.17. The Hall–Kier alpha value is -4.90. The van der Waals surface area contributed by atoms with Gasteiger partial charge in [0.2, 0.25) is 5.13 Å². The third-order valence-corrected chi connectivity index (χ3v) is 6.92. The van der Waals surface area contributed by atoms with Crippen molar-refractivity contribution in [3.8, 4) is 34.5 Å². The molecule has 0 spiro atoms. The molecule has 1 amide bonds. The molecule has 1 aliphatic carbocycles. The summed E-state index contributed by atoms with van der Waals surface area (Å²) in [5.41, 5.74) is -2.02. The highest BCUT2D eigenvalue weighted by Crippen LogP contribution is 2.36. The quantitative estimate of drug-likeness (QED) is 0.165. The zero-order valence-electron chi connectivity index (χ0n) is 21.8. The normalized spacial score (nSPS) is 12.9. The van der Waals surface area contributed by atoms with Crippen molar-refractivity contribution in [2.45, 2.75) is 25.2 Å². The summed E-state index contributed by atoms with van der Waals surface area (Å²) in [6, 6.07) is 4.07. The lowest BCUT2D eigenvalue weighted by Gasteiger charge is -2.16. The maximum Gasteiger partial charge on any atom is 0.291 e. The Labute approximate surface area is 239 Å². The topological polar surface area (TPSA) is 112 Å². The van der Waals surface area contributed by atoms with Crippen LogP contribution in [0.5, 0.6) is 5.75 Å². The van der Waals surface area contributed by atoms with E-state index < -0.39 is 35.1 Å². The van der Waals surface area contributed by atoms with Crippen molar-refractivity contribution < 1.29 is 27.1 Å². The molecule has 1 aliphatic rings. The molecule has 0 aromatic carbocycles. The average Bonchev–Trinajstić information content (AvgIpc) is 3.72. The number of carbonyl (C=O) groups is 1. The van der Waals surface area contributed by atoms with Gasteiger partial charge in [0.05, 0.1) is 18.9 Å². The minimum absolute atomic E-state index is 0.0457. The Morgan fingerprint density at radius 2 is 2.00 bits per heavy atom. The second-order valence-electron chi connectivity index (χ2n) is 9.06. The molecule has 1 saturated carbocycles. The minimum Gasteiger partial charge on any atom is -0.494 e. The van der Waals surface area contributed by atoms with E-state index in [9.17, 15) is 27.2 Å². The van der Waals surface area contributed by atoms with Crippen LogP contribution in [0.4, 0.5) is 22.7 Å². The molecule has 4 aromatic rings. The highest BCUT2D eigenvalue weighted by Gasteiger charge is 2.28. The van der Waals surface area contributed by atoms with E-state index in [1.54, 1.807) is 0 Å². The number of hydrogen-bond donors (Lipinski definition) is 1. The van der Waals surface area contributed by atoms with E-state index in [4.69, 9.17) is 4.74 Å². The van der Waals surface area contributed by atoms with Crippen molar-refractivity contribution in [1.82, 2.24) is 24.7 Å². The van der Waals surface area contributed by atoms with E-state index >= 15 is 0 Å². The van der Waals surface area contributed by atoms with Gasteiger partial charge in [0.1, 0.15) is 17.3 Å². The predicted octanol–water partition coefficient (Wildman–Crippen LogP) is 5.38. The van der Waals surface area contributed by atoms with Crippen LogP contribution in [0.3, 0.4) is 0 Å². The van der Waals surface area contributed by atoms with Crippen LogP contribution in [-0.4, -0.2) is 37.7 Å². The summed E-state index contributed by atoms with van der Waals surface area (Å²) in [5, 5.41) is 11.0. The fraction of sp³-hybridized carbons (Fsp3) is 0.214. The van der Waals surface area contributed by atoms with Gasteiger partial charge in [-0.05, 0) is 43.0 Å². The number of allylic oxidation sites excluding steroid dienone is 1. The van der Waals surface area contributed by atoms with E-state index in [2.05, 4.69) is 43.9 Å². The second-order valence-corrected chi connectivity index (χ2v) is 10.0. The summed E-state index contributed by atoms with van der Waals surface area (Å²) in [7, 11) is 1.29. The number of ether oxygens (including phenoxy) is 1. The molecule has 4 heterocycles. The molecular weight excluding hydrogens is 576 g/mol. The Bertz CT molecular complexity index is 1810. The Balaban J connectivity index is 1.59. The van der Waals surface area contributed by atoms with Gasteiger partial charge in [-0.1, -0.05) is 23.8 Å². The van der Waals surface area contributed by atoms with Crippen LogP contribution in [0.1, 0.15) is 45.9 Å². The van der Waals surface area contributed by atoms with Crippen molar-refractivity contribution in [2.75, 3.05) is 12.4 Å². The summed E-state index contributed by atoms with van der Waals surface area (Å²) in [5.74, 6) is 2.12. The lowest BCUT2D eigenvalue weighted by Crippen LogP contribution is -2.22. The maximum atomic E-state index is 14.1. The summed E-state index contributed by atoms with van der Waals surface area (Å²) in [6.07, 6.45) is 2.82. The molecule has 9 nitrogen and oxygen atoms in total. The largest absolute Gasteiger partial charge is 0.494 e. The van der Waals surface area contributed by atoms with Crippen LogP contribution in [0.15, 0.2) is 60.3 Å². The number of pyridine rings is 3. The van der Waals surface area contributed by atoms with Crippen molar-refractivity contribution in [2.24, 2.45) is 5.92 Å². The van der Waals surface area contributed by atoms with Gasteiger partial charge < -0.3 is 4.74 Å². The highest BCUT2D eigenvalue weighted by molar-refractivity contribution is 7.15. The summed E-state index contributed by atoms with van der Waals surface area (Å²) in [6.45, 7) is 3.08. The summed E-state index contributed by atoms with van der Waals surface area (Å²) in [4.78, 5) is 34.1. The van der Waals surface area contributed by atoms with E-state index in [1.807, 2.05) is 0 Å². The number of aromatic nitrogens is 5. The average molecular weight is 597 g/mol. The number of alkyl halides is 4. The maximum absolute atomic E-state index is 14.1. The first-order valence-electron chi connectivity index (χ1n) is 12.3. The number of nitrogens with zero attached hydrogens (tertiary/aromatic N) is 5. The van der Waals surface area contributed by atoms with Crippen molar-refractivity contribution >= 4 is 22.4 Å². The number of methoxy groups -OCH3 is 1.